The Morgan fingerprint density at radius 1 is 1.09 bits per heavy atom. The van der Waals surface area contributed by atoms with Gasteiger partial charge in [0.05, 0.1) is 13.7 Å². The molecule has 1 heterocycles. The van der Waals surface area contributed by atoms with Crippen LogP contribution in [-0.4, -0.2) is 74.7 Å². The molecule has 1 saturated heterocycles. The maximum atomic E-state index is 12.4. The van der Waals surface area contributed by atoms with Gasteiger partial charge in [-0.05, 0) is 24.3 Å². The van der Waals surface area contributed by atoms with Crippen molar-refractivity contribution in [3.63, 3.8) is 0 Å². The van der Waals surface area contributed by atoms with Gasteiger partial charge < -0.3 is 25.0 Å². The van der Waals surface area contributed by atoms with Gasteiger partial charge in [-0.15, -0.1) is 0 Å². The monoisotopic (exact) mass is 321 g/mol. The first-order valence-corrected chi connectivity index (χ1v) is 7.53. The zero-order chi connectivity index (χ0) is 16.8. The Hall–Kier alpha value is -2.12. The minimum absolute atomic E-state index is 0.0408. The second-order valence-corrected chi connectivity index (χ2v) is 5.41. The molecular weight excluding hydrogens is 298 g/mol. The van der Waals surface area contributed by atoms with Crippen LogP contribution in [0.25, 0.3) is 0 Å². The van der Waals surface area contributed by atoms with E-state index in [1.54, 1.807) is 41.2 Å². The molecule has 1 unspecified atom stereocenters. The minimum Gasteiger partial charge on any atom is -0.497 e. The molecule has 23 heavy (non-hydrogen) atoms. The second kappa shape index (κ2) is 7.94. The van der Waals surface area contributed by atoms with Gasteiger partial charge in [-0.25, -0.2) is 0 Å². The highest BCUT2D eigenvalue weighted by atomic mass is 16.5. The van der Waals surface area contributed by atoms with E-state index in [1.165, 1.54) is 7.11 Å². The average molecular weight is 321 g/mol. The van der Waals surface area contributed by atoms with Crippen molar-refractivity contribution in [1.82, 2.24) is 9.80 Å². The maximum absolute atomic E-state index is 12.4. The number of piperazine rings is 1. The molecule has 0 bridgehead atoms. The number of nitrogens with zero attached hydrogens (tertiary/aromatic N) is 2. The van der Waals surface area contributed by atoms with Crippen molar-refractivity contribution in [2.45, 2.75) is 6.04 Å². The number of methoxy groups -OCH3 is 2. The quantitative estimate of drug-likeness (QED) is 0.822. The van der Waals surface area contributed by atoms with E-state index in [0.717, 1.165) is 0 Å². The zero-order valence-corrected chi connectivity index (χ0v) is 13.5. The van der Waals surface area contributed by atoms with Gasteiger partial charge in [-0.2, -0.15) is 0 Å². The highest BCUT2D eigenvalue weighted by Gasteiger charge is 2.27. The van der Waals surface area contributed by atoms with Gasteiger partial charge >= 0.3 is 0 Å². The fourth-order valence-electron chi connectivity index (χ4n) is 2.53. The van der Waals surface area contributed by atoms with Crippen LogP contribution >= 0.6 is 0 Å². The summed E-state index contributed by atoms with van der Waals surface area (Å²) in [5.74, 6) is 0.536. The third-order valence-corrected chi connectivity index (χ3v) is 3.88. The van der Waals surface area contributed by atoms with Gasteiger partial charge in [0, 0.05) is 38.9 Å². The lowest BCUT2D eigenvalue weighted by Crippen LogP contribution is -2.55. The molecule has 1 aromatic rings. The molecule has 0 aromatic heterocycles. The molecule has 0 aliphatic carbocycles. The van der Waals surface area contributed by atoms with E-state index in [0.29, 0.717) is 37.5 Å². The zero-order valence-electron chi connectivity index (χ0n) is 13.5. The van der Waals surface area contributed by atoms with Crippen molar-refractivity contribution in [2.24, 2.45) is 5.73 Å². The number of ether oxygens (including phenoxy) is 2. The van der Waals surface area contributed by atoms with E-state index >= 15 is 0 Å². The summed E-state index contributed by atoms with van der Waals surface area (Å²) in [4.78, 5) is 28.0. The largest absolute Gasteiger partial charge is 0.497 e. The van der Waals surface area contributed by atoms with Gasteiger partial charge in [-0.1, -0.05) is 0 Å². The minimum atomic E-state index is -0.649. The van der Waals surface area contributed by atoms with E-state index < -0.39 is 6.04 Å². The molecule has 7 nitrogen and oxygen atoms in total. The maximum Gasteiger partial charge on any atom is 0.253 e. The summed E-state index contributed by atoms with van der Waals surface area (Å²) in [6, 6.07) is 6.36. The predicted molar refractivity (Wildman–Crippen MR) is 85.3 cm³/mol. The van der Waals surface area contributed by atoms with Crippen molar-refractivity contribution in [3.8, 4) is 5.75 Å². The van der Waals surface area contributed by atoms with E-state index in [2.05, 4.69) is 0 Å². The summed E-state index contributed by atoms with van der Waals surface area (Å²) in [6.07, 6.45) is 0. The Bertz CT molecular complexity index is 539. The normalized spacial score (nSPS) is 16.1. The van der Waals surface area contributed by atoms with Crippen molar-refractivity contribution in [1.29, 1.82) is 0 Å². The molecule has 1 aromatic carbocycles. The van der Waals surface area contributed by atoms with Crippen LogP contribution in [0.5, 0.6) is 5.75 Å². The van der Waals surface area contributed by atoms with E-state index in [9.17, 15) is 9.59 Å². The SMILES string of the molecule is COCC(N)C(=O)N1CCN(C(=O)c2ccc(OC)cc2)CC1. The van der Waals surface area contributed by atoms with Gasteiger partial charge in [0.1, 0.15) is 11.8 Å². The van der Waals surface area contributed by atoms with Gasteiger partial charge in [0.25, 0.3) is 5.91 Å². The van der Waals surface area contributed by atoms with Crippen LogP contribution in [0.3, 0.4) is 0 Å². The Morgan fingerprint density at radius 2 is 1.65 bits per heavy atom. The van der Waals surface area contributed by atoms with Crippen LogP contribution in [0.2, 0.25) is 0 Å². The third kappa shape index (κ3) is 4.20. The predicted octanol–water partition coefficient (Wildman–Crippen LogP) is -0.0467. The molecule has 0 spiro atoms. The molecule has 1 atom stereocenters. The fraction of sp³-hybridized carbons (Fsp3) is 0.500. The lowest BCUT2D eigenvalue weighted by atomic mass is 10.1. The van der Waals surface area contributed by atoms with E-state index in [4.69, 9.17) is 15.2 Å². The smallest absolute Gasteiger partial charge is 0.253 e. The Kier molecular flexibility index (Phi) is 5.95. The number of amides is 2. The third-order valence-electron chi connectivity index (χ3n) is 3.88. The first kappa shape index (κ1) is 17.2. The van der Waals surface area contributed by atoms with Crippen molar-refractivity contribution >= 4 is 11.8 Å². The molecule has 0 saturated carbocycles. The Morgan fingerprint density at radius 3 is 2.17 bits per heavy atom. The van der Waals surface area contributed by atoms with Gasteiger partial charge in [-0.3, -0.25) is 9.59 Å². The van der Waals surface area contributed by atoms with Crippen LogP contribution in [0, 0.1) is 0 Å². The standard InChI is InChI=1S/C16H23N3O4/c1-22-11-14(17)16(21)19-9-7-18(8-10-19)15(20)12-3-5-13(23-2)6-4-12/h3-6,14H,7-11,17H2,1-2H3. The average Bonchev–Trinajstić information content (AvgIpc) is 2.61. The van der Waals surface area contributed by atoms with Crippen molar-refractivity contribution < 1.29 is 19.1 Å². The van der Waals surface area contributed by atoms with Crippen molar-refractivity contribution in [2.75, 3.05) is 47.0 Å². The summed E-state index contributed by atoms with van der Waals surface area (Å²) in [6.45, 7) is 2.16. The van der Waals surface area contributed by atoms with Crippen LogP contribution in [-0.2, 0) is 9.53 Å². The molecule has 2 rings (SSSR count). The molecular formula is C16H23N3O4. The summed E-state index contributed by atoms with van der Waals surface area (Å²) in [5.41, 5.74) is 6.38. The topological polar surface area (TPSA) is 85.1 Å². The number of carbonyl (C=O) groups excluding carboxylic acids is 2. The summed E-state index contributed by atoms with van der Waals surface area (Å²) in [5, 5.41) is 0. The second-order valence-electron chi connectivity index (χ2n) is 5.41. The number of hydrogen-bond donors (Lipinski definition) is 1. The summed E-state index contributed by atoms with van der Waals surface area (Å²) < 4.78 is 9.99. The highest BCUT2D eigenvalue weighted by Crippen LogP contribution is 2.14. The highest BCUT2D eigenvalue weighted by molar-refractivity contribution is 5.94. The summed E-state index contributed by atoms with van der Waals surface area (Å²) in [7, 11) is 3.10. The molecule has 1 fully saturated rings. The van der Waals surface area contributed by atoms with E-state index in [-0.39, 0.29) is 18.4 Å². The number of hydrogen-bond acceptors (Lipinski definition) is 5. The van der Waals surface area contributed by atoms with Gasteiger partial charge in [0.2, 0.25) is 5.91 Å². The number of benzene rings is 1. The fourth-order valence-corrected chi connectivity index (χ4v) is 2.53. The molecule has 1 aliphatic heterocycles. The number of rotatable bonds is 5. The summed E-state index contributed by atoms with van der Waals surface area (Å²) >= 11 is 0. The van der Waals surface area contributed by atoms with Crippen molar-refractivity contribution in [3.05, 3.63) is 29.8 Å². The lowest BCUT2D eigenvalue weighted by molar-refractivity contribution is -0.135. The van der Waals surface area contributed by atoms with E-state index in [1.807, 2.05) is 0 Å². The van der Waals surface area contributed by atoms with Gasteiger partial charge in [0.15, 0.2) is 0 Å². The Labute approximate surface area is 135 Å². The first-order valence-electron chi connectivity index (χ1n) is 7.53. The Balaban J connectivity index is 1.90. The molecule has 0 radical (unpaired) electrons. The number of carbonyl (C=O) groups is 2. The lowest BCUT2D eigenvalue weighted by Gasteiger charge is -2.35. The van der Waals surface area contributed by atoms with Crippen LogP contribution < -0.4 is 10.5 Å². The molecule has 2 amide bonds. The van der Waals surface area contributed by atoms with Crippen LogP contribution in [0.4, 0.5) is 0 Å². The number of nitrogens with two attached hydrogens (primary N) is 1. The molecule has 2 N–H and O–H groups in total. The van der Waals surface area contributed by atoms with Crippen LogP contribution in [0.15, 0.2) is 24.3 Å². The van der Waals surface area contributed by atoms with Crippen LogP contribution in [0.1, 0.15) is 10.4 Å². The first-order chi connectivity index (χ1) is 11.1. The molecule has 1 aliphatic rings. The molecule has 7 heteroatoms. The molecule has 126 valence electrons.